The highest BCUT2D eigenvalue weighted by atomic mass is 15.0. The highest BCUT2D eigenvalue weighted by Crippen LogP contribution is 2.39. The molecule has 2 nitrogen and oxygen atoms in total. The fourth-order valence-corrected chi connectivity index (χ4v) is 9.56. The van der Waals surface area contributed by atoms with Crippen LogP contribution in [0.15, 0.2) is 274 Å². The van der Waals surface area contributed by atoms with Crippen molar-refractivity contribution in [3.8, 4) is 39.1 Å². The third kappa shape index (κ3) is 8.17. The summed E-state index contributed by atoms with van der Waals surface area (Å²) in [5.41, 5.74) is 15.1. The minimum atomic E-state index is 1.04. The van der Waals surface area contributed by atoms with Crippen LogP contribution in [0.1, 0.15) is 5.56 Å². The number of allylic oxidation sites excluding steroid dienone is 4. The van der Waals surface area contributed by atoms with E-state index in [1.54, 1.807) is 6.08 Å². The van der Waals surface area contributed by atoms with E-state index in [1.807, 2.05) is 18.2 Å². The molecule has 1 aromatic heterocycles. The molecule has 0 unspecified atom stereocenters. The Bertz CT molecular complexity index is 3720. The first-order valence-electron chi connectivity index (χ1n) is 23.1. The van der Waals surface area contributed by atoms with Crippen LogP contribution >= 0.6 is 0 Å². The number of rotatable bonds is 9. The second kappa shape index (κ2) is 18.5. The van der Waals surface area contributed by atoms with Crippen molar-refractivity contribution < 1.29 is 0 Å². The summed E-state index contributed by atoms with van der Waals surface area (Å²) in [6.07, 6.45) is 5.64. The van der Waals surface area contributed by atoms with Crippen molar-refractivity contribution in [3.05, 3.63) is 280 Å². The van der Waals surface area contributed by atoms with Crippen LogP contribution in [-0.4, -0.2) is 4.57 Å². The molecule has 0 aliphatic rings. The first kappa shape index (κ1) is 41.7. The summed E-state index contributed by atoms with van der Waals surface area (Å²) in [6, 6.07) is 86.7. The highest BCUT2D eigenvalue weighted by Gasteiger charge is 2.15. The number of aromatic nitrogens is 1. The Kier molecular flexibility index (Phi) is 11.3. The molecular formula is C66H48N2. The van der Waals surface area contributed by atoms with Crippen LogP contribution in [0.4, 0.5) is 11.4 Å². The monoisotopic (exact) mass is 868 g/mol. The van der Waals surface area contributed by atoms with Gasteiger partial charge in [0.05, 0.1) is 11.0 Å². The molecule has 1 N–H and O–H groups in total. The summed E-state index contributed by atoms with van der Waals surface area (Å²) in [5, 5.41) is 13.8. The molecule has 0 bridgehead atoms. The normalized spacial score (nSPS) is 11.4. The van der Waals surface area contributed by atoms with E-state index in [9.17, 15) is 0 Å². The minimum Gasteiger partial charge on any atom is -0.355 e. The summed E-state index contributed by atoms with van der Waals surface area (Å²) in [6.45, 7) is 7.81. The van der Waals surface area contributed by atoms with Crippen molar-refractivity contribution in [2.45, 2.75) is 0 Å². The molecule has 0 fully saturated rings. The van der Waals surface area contributed by atoms with Gasteiger partial charge in [-0.3, -0.25) is 0 Å². The van der Waals surface area contributed by atoms with Crippen LogP contribution in [0.2, 0.25) is 0 Å². The molecule has 0 spiro atoms. The van der Waals surface area contributed by atoms with Crippen molar-refractivity contribution in [2.24, 2.45) is 0 Å². The summed E-state index contributed by atoms with van der Waals surface area (Å²) in [5.74, 6) is 0. The quantitative estimate of drug-likeness (QED) is 0.143. The molecule has 12 aromatic rings. The number of hydrogen-bond acceptors (Lipinski definition) is 1. The van der Waals surface area contributed by atoms with Crippen LogP contribution in [-0.2, 0) is 0 Å². The van der Waals surface area contributed by atoms with Crippen LogP contribution < -0.4 is 5.32 Å². The van der Waals surface area contributed by atoms with E-state index in [2.05, 4.69) is 260 Å². The molecule has 1 heterocycles. The topological polar surface area (TPSA) is 17.0 Å². The van der Waals surface area contributed by atoms with Gasteiger partial charge in [0.15, 0.2) is 0 Å². The number of anilines is 2. The lowest BCUT2D eigenvalue weighted by Crippen LogP contribution is -1.95. The first-order chi connectivity index (χ1) is 33.6. The average Bonchev–Trinajstić information content (AvgIpc) is 3.71. The molecule has 68 heavy (non-hydrogen) atoms. The number of nitrogens with one attached hydrogen (secondary N) is 1. The molecule has 0 aliphatic heterocycles. The van der Waals surface area contributed by atoms with Crippen LogP contribution in [0.3, 0.4) is 0 Å². The molecule has 0 saturated heterocycles. The van der Waals surface area contributed by atoms with Gasteiger partial charge in [-0.2, -0.15) is 0 Å². The zero-order valence-electron chi connectivity index (χ0n) is 37.7. The van der Waals surface area contributed by atoms with E-state index in [-0.39, 0.29) is 0 Å². The smallest absolute Gasteiger partial charge is 0.0547 e. The summed E-state index contributed by atoms with van der Waals surface area (Å²) in [4.78, 5) is 0. The maximum absolute atomic E-state index is 3.97. The van der Waals surface area contributed by atoms with E-state index >= 15 is 0 Å². The molecule has 0 saturated carbocycles. The van der Waals surface area contributed by atoms with Gasteiger partial charge in [-0.05, 0) is 132 Å². The van der Waals surface area contributed by atoms with Crippen LogP contribution in [0.5, 0.6) is 0 Å². The van der Waals surface area contributed by atoms with Gasteiger partial charge in [-0.25, -0.2) is 0 Å². The molecule has 11 aromatic carbocycles. The minimum absolute atomic E-state index is 1.04. The second-order valence-corrected chi connectivity index (χ2v) is 17.1. The van der Waals surface area contributed by atoms with Crippen molar-refractivity contribution in [1.82, 2.24) is 4.57 Å². The van der Waals surface area contributed by atoms with E-state index in [0.717, 1.165) is 33.6 Å². The van der Waals surface area contributed by atoms with Crippen molar-refractivity contribution in [2.75, 3.05) is 5.32 Å². The van der Waals surface area contributed by atoms with Crippen LogP contribution in [0.25, 0.3) is 98.8 Å². The Morgan fingerprint density at radius 3 is 1.49 bits per heavy atom. The molecule has 12 rings (SSSR count). The SMILES string of the molecule is C=C/C=C(\C=C)c1ccc(Nc2ccc(-c3cccc4ccccc34)cc2)c(-c2ccccc2)c1.c1ccc(-c2ccc(-n3c4cc5ccccc5cc4c4cc5ccccc5cc43)cc2)cc1. The van der Waals surface area contributed by atoms with Crippen molar-refractivity contribution in [1.29, 1.82) is 0 Å². The molecule has 2 heteroatoms. The number of nitrogens with zero attached hydrogens (tertiary/aromatic N) is 1. The van der Waals surface area contributed by atoms with Gasteiger partial charge in [-0.15, -0.1) is 0 Å². The van der Waals surface area contributed by atoms with Gasteiger partial charge >= 0.3 is 0 Å². The zero-order valence-corrected chi connectivity index (χ0v) is 37.7. The van der Waals surface area contributed by atoms with E-state index in [0.29, 0.717) is 0 Å². The van der Waals surface area contributed by atoms with Gasteiger partial charge in [0.25, 0.3) is 0 Å². The fourth-order valence-electron chi connectivity index (χ4n) is 9.56. The molecule has 322 valence electrons. The fraction of sp³-hybridized carbons (Fsp3) is 0. The second-order valence-electron chi connectivity index (χ2n) is 17.1. The number of benzene rings is 11. The first-order valence-corrected chi connectivity index (χ1v) is 23.1. The van der Waals surface area contributed by atoms with Gasteiger partial charge in [0.1, 0.15) is 0 Å². The Morgan fingerprint density at radius 2 is 0.882 bits per heavy atom. The molecule has 0 radical (unpaired) electrons. The van der Waals surface area contributed by atoms with E-state index in [1.165, 1.54) is 82.1 Å². The lowest BCUT2D eigenvalue weighted by molar-refractivity contribution is 1.18. The Balaban J connectivity index is 0.000000149. The van der Waals surface area contributed by atoms with E-state index < -0.39 is 0 Å². The van der Waals surface area contributed by atoms with Gasteiger partial charge < -0.3 is 9.88 Å². The predicted molar refractivity (Wildman–Crippen MR) is 294 cm³/mol. The lowest BCUT2D eigenvalue weighted by Gasteiger charge is -2.15. The zero-order chi connectivity index (χ0) is 45.8. The number of hydrogen-bond donors (Lipinski definition) is 1. The Labute approximate surface area is 397 Å². The highest BCUT2D eigenvalue weighted by molar-refractivity contribution is 6.16. The molecule has 0 atom stereocenters. The standard InChI is InChI=1S/C34H27N.C32H21N/c1-3-11-25(4-2)29-20-23-34(33(24-29)27-12-6-5-7-13-27)35-30-21-18-28(19-22-30)32-17-10-15-26-14-8-9-16-31(26)32;1-2-8-22(9-3-1)23-14-16-28(17-15-23)33-31-20-26-12-6-4-10-24(26)18-29(31)30-19-25-11-5-7-13-27(25)21-32(30)33/h3-24,35H,1-2H2;1-21H/b25-11+;. The summed E-state index contributed by atoms with van der Waals surface area (Å²) in [7, 11) is 0. The summed E-state index contributed by atoms with van der Waals surface area (Å²) >= 11 is 0. The van der Waals surface area contributed by atoms with Crippen molar-refractivity contribution >= 4 is 71.1 Å². The Morgan fingerprint density at radius 1 is 0.382 bits per heavy atom. The maximum atomic E-state index is 3.97. The maximum Gasteiger partial charge on any atom is 0.0547 e. The third-order valence-corrected chi connectivity index (χ3v) is 13.0. The van der Waals surface area contributed by atoms with Crippen LogP contribution in [0, 0.1) is 0 Å². The Hall–Kier alpha value is -8.98. The molecular weight excluding hydrogens is 821 g/mol. The van der Waals surface area contributed by atoms with Gasteiger partial charge in [-0.1, -0.05) is 213 Å². The average molecular weight is 869 g/mol. The molecule has 0 amide bonds. The van der Waals surface area contributed by atoms with Gasteiger partial charge in [0, 0.05) is 33.4 Å². The van der Waals surface area contributed by atoms with E-state index in [4.69, 9.17) is 0 Å². The molecule has 0 aliphatic carbocycles. The number of fused-ring (bicyclic) bond motifs is 6. The van der Waals surface area contributed by atoms with Gasteiger partial charge in [0.2, 0.25) is 0 Å². The largest absolute Gasteiger partial charge is 0.355 e. The predicted octanol–water partition coefficient (Wildman–Crippen LogP) is 18.4. The third-order valence-electron chi connectivity index (χ3n) is 13.0. The lowest BCUT2D eigenvalue weighted by atomic mass is 9.96. The summed E-state index contributed by atoms with van der Waals surface area (Å²) < 4.78 is 2.42. The van der Waals surface area contributed by atoms with Crippen molar-refractivity contribution in [3.63, 3.8) is 0 Å².